The molecule has 6 nitrogen and oxygen atoms in total. The van der Waals surface area contributed by atoms with Gasteiger partial charge in [0.15, 0.2) is 5.16 Å². The first kappa shape index (κ1) is 21.5. The third kappa shape index (κ3) is 4.63. The highest BCUT2D eigenvalue weighted by Gasteiger charge is 2.21. The smallest absolute Gasteiger partial charge is 0.262 e. The van der Waals surface area contributed by atoms with Crippen molar-refractivity contribution in [2.45, 2.75) is 23.9 Å². The Morgan fingerprint density at radius 2 is 1.97 bits per heavy atom. The lowest BCUT2D eigenvalue weighted by atomic mass is 10.2. The van der Waals surface area contributed by atoms with Gasteiger partial charge in [-0.15, -0.1) is 0 Å². The van der Waals surface area contributed by atoms with Crippen LogP contribution in [0.1, 0.15) is 12.7 Å². The quantitative estimate of drug-likeness (QED) is 0.297. The number of furan rings is 1. The van der Waals surface area contributed by atoms with E-state index >= 15 is 0 Å². The molecule has 0 unspecified atom stereocenters. The first-order valence-corrected chi connectivity index (χ1v) is 11.0. The number of hydrogen-bond donors (Lipinski definition) is 1. The van der Waals surface area contributed by atoms with Crippen molar-refractivity contribution < 1.29 is 9.21 Å². The zero-order chi connectivity index (χ0) is 22.0. The number of para-hydroxylation sites is 1. The molecule has 0 aliphatic carbocycles. The molecule has 1 amide bonds. The van der Waals surface area contributed by atoms with Crippen molar-refractivity contribution in [3.8, 4) is 0 Å². The zero-order valence-electron chi connectivity index (χ0n) is 16.3. The van der Waals surface area contributed by atoms with Gasteiger partial charge in [0, 0.05) is 0 Å². The van der Waals surface area contributed by atoms with Crippen molar-refractivity contribution in [1.82, 2.24) is 9.55 Å². The van der Waals surface area contributed by atoms with Crippen LogP contribution in [-0.2, 0) is 11.3 Å². The molecule has 0 fully saturated rings. The fourth-order valence-corrected chi connectivity index (χ4v) is 4.24. The molecule has 4 aromatic rings. The van der Waals surface area contributed by atoms with Gasteiger partial charge in [-0.05, 0) is 43.3 Å². The minimum Gasteiger partial charge on any atom is -0.467 e. The van der Waals surface area contributed by atoms with Gasteiger partial charge < -0.3 is 9.73 Å². The number of aromatic nitrogens is 2. The highest BCUT2D eigenvalue weighted by Crippen LogP contribution is 2.31. The number of carbonyl (C=O) groups excluding carboxylic acids is 1. The van der Waals surface area contributed by atoms with E-state index in [9.17, 15) is 9.59 Å². The van der Waals surface area contributed by atoms with Gasteiger partial charge in [-0.2, -0.15) is 0 Å². The molecule has 2 aromatic heterocycles. The van der Waals surface area contributed by atoms with Crippen LogP contribution in [0.15, 0.2) is 75.2 Å². The van der Waals surface area contributed by atoms with Gasteiger partial charge >= 0.3 is 0 Å². The van der Waals surface area contributed by atoms with E-state index < -0.39 is 5.25 Å². The predicted molar refractivity (Wildman–Crippen MR) is 124 cm³/mol. The molecule has 2 heterocycles. The number of thioether (sulfide) groups is 1. The van der Waals surface area contributed by atoms with Gasteiger partial charge in [0.2, 0.25) is 5.91 Å². The number of carbonyl (C=O) groups is 1. The molecule has 0 radical (unpaired) electrons. The third-order valence-corrected chi connectivity index (χ3v) is 6.49. The molecule has 0 saturated heterocycles. The average Bonchev–Trinajstić information content (AvgIpc) is 3.27. The number of amides is 1. The fourth-order valence-electron chi connectivity index (χ4n) is 2.98. The van der Waals surface area contributed by atoms with Crippen molar-refractivity contribution in [1.29, 1.82) is 0 Å². The molecule has 1 atom stereocenters. The van der Waals surface area contributed by atoms with E-state index in [0.29, 0.717) is 32.5 Å². The van der Waals surface area contributed by atoms with E-state index in [1.54, 1.807) is 61.7 Å². The van der Waals surface area contributed by atoms with E-state index in [1.165, 1.54) is 16.3 Å². The maximum absolute atomic E-state index is 13.1. The van der Waals surface area contributed by atoms with E-state index in [1.807, 2.05) is 6.07 Å². The van der Waals surface area contributed by atoms with Crippen LogP contribution in [0.5, 0.6) is 0 Å². The second-order valence-corrected chi connectivity index (χ2v) is 8.83. The predicted octanol–water partition coefficient (Wildman–Crippen LogP) is 5.46. The Morgan fingerprint density at radius 1 is 1.16 bits per heavy atom. The normalized spacial score (nSPS) is 12.1. The molecule has 158 valence electrons. The van der Waals surface area contributed by atoms with Crippen LogP contribution in [0.3, 0.4) is 0 Å². The molecule has 0 spiro atoms. The summed E-state index contributed by atoms with van der Waals surface area (Å²) in [6.07, 6.45) is 1.55. The summed E-state index contributed by atoms with van der Waals surface area (Å²) in [5, 5.41) is 3.75. The van der Waals surface area contributed by atoms with Crippen LogP contribution in [0.2, 0.25) is 10.0 Å². The highest BCUT2D eigenvalue weighted by molar-refractivity contribution is 8.00. The minimum atomic E-state index is -0.564. The summed E-state index contributed by atoms with van der Waals surface area (Å²) >= 11 is 13.4. The van der Waals surface area contributed by atoms with Crippen LogP contribution < -0.4 is 10.9 Å². The average molecular weight is 474 g/mol. The Bertz CT molecular complexity index is 1310. The largest absolute Gasteiger partial charge is 0.467 e. The van der Waals surface area contributed by atoms with E-state index in [0.717, 1.165) is 0 Å². The molecular formula is C22H17Cl2N3O3S. The number of rotatable bonds is 6. The molecule has 9 heteroatoms. The first-order valence-electron chi connectivity index (χ1n) is 9.37. The Kier molecular flexibility index (Phi) is 6.36. The number of fused-ring (bicyclic) bond motifs is 1. The molecule has 0 aliphatic rings. The third-order valence-electron chi connectivity index (χ3n) is 4.58. The Labute approximate surface area is 192 Å². The summed E-state index contributed by atoms with van der Waals surface area (Å²) in [5.41, 5.74) is 0.789. The highest BCUT2D eigenvalue weighted by atomic mass is 35.5. The Hall–Kier alpha value is -2.74. The van der Waals surface area contributed by atoms with Crippen molar-refractivity contribution >= 4 is 57.5 Å². The number of anilines is 1. The Morgan fingerprint density at radius 3 is 2.74 bits per heavy atom. The Balaban J connectivity index is 1.65. The van der Waals surface area contributed by atoms with Gasteiger partial charge in [-0.25, -0.2) is 4.98 Å². The van der Waals surface area contributed by atoms with Crippen molar-refractivity contribution in [3.63, 3.8) is 0 Å². The molecule has 0 aliphatic heterocycles. The maximum atomic E-state index is 13.1. The summed E-state index contributed by atoms with van der Waals surface area (Å²) in [5.74, 6) is 0.324. The van der Waals surface area contributed by atoms with Crippen molar-refractivity contribution in [2.24, 2.45) is 0 Å². The molecule has 0 saturated carbocycles. The molecule has 4 rings (SSSR count). The standard InChI is InChI=1S/C22H17Cl2N3O3S/c1-13(20(28)25-18-10-4-8-16(23)19(18)24)31-22-26-17-9-3-2-7-15(17)21(29)27(22)12-14-6-5-11-30-14/h2-11,13H,12H2,1H3,(H,25,28)/t13-/m1/s1. The van der Waals surface area contributed by atoms with Crippen LogP contribution in [0.4, 0.5) is 5.69 Å². The van der Waals surface area contributed by atoms with Crippen LogP contribution in [0, 0.1) is 0 Å². The van der Waals surface area contributed by atoms with Crippen molar-refractivity contribution in [2.75, 3.05) is 5.32 Å². The topological polar surface area (TPSA) is 77.1 Å². The van der Waals surface area contributed by atoms with Gasteiger partial charge in [0.1, 0.15) is 5.76 Å². The molecule has 2 aromatic carbocycles. The lowest BCUT2D eigenvalue weighted by molar-refractivity contribution is -0.115. The zero-order valence-corrected chi connectivity index (χ0v) is 18.7. The number of halogens is 2. The summed E-state index contributed by atoms with van der Waals surface area (Å²) < 4.78 is 6.93. The molecule has 31 heavy (non-hydrogen) atoms. The SMILES string of the molecule is C[C@@H](Sc1nc2ccccc2c(=O)n1Cc1ccco1)C(=O)Nc1cccc(Cl)c1Cl. The van der Waals surface area contributed by atoms with Crippen LogP contribution in [-0.4, -0.2) is 20.7 Å². The molecule has 0 bridgehead atoms. The van der Waals surface area contributed by atoms with Crippen LogP contribution in [0.25, 0.3) is 10.9 Å². The summed E-state index contributed by atoms with van der Waals surface area (Å²) in [6.45, 7) is 1.94. The maximum Gasteiger partial charge on any atom is 0.262 e. The first-order chi connectivity index (χ1) is 14.9. The van der Waals surface area contributed by atoms with E-state index in [-0.39, 0.29) is 23.0 Å². The van der Waals surface area contributed by atoms with Gasteiger partial charge in [-0.3, -0.25) is 14.2 Å². The summed E-state index contributed by atoms with van der Waals surface area (Å²) in [7, 11) is 0. The minimum absolute atomic E-state index is 0.199. The van der Waals surface area contributed by atoms with Crippen molar-refractivity contribution in [3.05, 3.63) is 87.0 Å². The van der Waals surface area contributed by atoms with Gasteiger partial charge in [0.05, 0.1) is 44.7 Å². The van der Waals surface area contributed by atoms with Gasteiger partial charge in [0.25, 0.3) is 5.56 Å². The fraction of sp³-hybridized carbons (Fsp3) is 0.136. The number of benzene rings is 2. The second kappa shape index (κ2) is 9.18. The summed E-state index contributed by atoms with van der Waals surface area (Å²) in [4.78, 5) is 30.6. The number of hydrogen-bond acceptors (Lipinski definition) is 5. The monoisotopic (exact) mass is 473 g/mol. The molecule has 1 N–H and O–H groups in total. The number of nitrogens with one attached hydrogen (secondary N) is 1. The summed E-state index contributed by atoms with van der Waals surface area (Å²) in [6, 6.07) is 15.7. The van der Waals surface area contributed by atoms with E-state index in [2.05, 4.69) is 10.3 Å². The van der Waals surface area contributed by atoms with Crippen LogP contribution >= 0.6 is 35.0 Å². The van der Waals surface area contributed by atoms with E-state index in [4.69, 9.17) is 27.6 Å². The lowest BCUT2D eigenvalue weighted by Crippen LogP contribution is -2.27. The van der Waals surface area contributed by atoms with Gasteiger partial charge in [-0.1, -0.05) is 53.2 Å². The second-order valence-electron chi connectivity index (χ2n) is 6.73. The number of nitrogens with zero attached hydrogens (tertiary/aromatic N) is 2. The lowest BCUT2D eigenvalue weighted by Gasteiger charge is -2.16. The molecular weight excluding hydrogens is 457 g/mol.